The first-order valence-corrected chi connectivity index (χ1v) is 8.27. The van der Waals surface area contributed by atoms with E-state index < -0.39 is 23.7 Å². The third kappa shape index (κ3) is 6.84. The highest BCUT2D eigenvalue weighted by molar-refractivity contribution is 5.83. The number of nitrogens with one attached hydrogen (secondary N) is 1. The molecule has 0 aromatic heterocycles. The van der Waals surface area contributed by atoms with E-state index in [1.807, 2.05) is 24.3 Å². The highest BCUT2D eigenvalue weighted by atomic mass is 16.6. The number of para-hydroxylation sites is 2. The lowest BCUT2D eigenvalue weighted by molar-refractivity contribution is -0.137. The normalized spacial score (nSPS) is 12.0. The summed E-state index contributed by atoms with van der Waals surface area (Å²) in [5, 5.41) is 2.50. The van der Waals surface area contributed by atoms with Gasteiger partial charge in [-0.15, -0.1) is 0 Å². The molecule has 1 amide bonds. The molecule has 0 aliphatic rings. The van der Waals surface area contributed by atoms with E-state index in [-0.39, 0.29) is 6.61 Å². The third-order valence-corrected chi connectivity index (χ3v) is 3.10. The minimum Gasteiger partial charge on any atom is -0.491 e. The Labute approximate surface area is 153 Å². The zero-order chi connectivity index (χ0) is 19.0. The highest BCUT2D eigenvalue weighted by Crippen LogP contribution is 2.12. The van der Waals surface area contributed by atoms with Crippen LogP contribution in [-0.4, -0.2) is 30.3 Å². The summed E-state index contributed by atoms with van der Waals surface area (Å²) in [5.74, 6) is 0.321. The van der Waals surface area contributed by atoms with Crippen LogP contribution in [-0.2, 0) is 9.53 Å². The Kier molecular flexibility index (Phi) is 6.60. The first-order valence-electron chi connectivity index (χ1n) is 8.27. The fraction of sp³-hybridized carbons (Fsp3) is 0.300. The number of esters is 1. The quantitative estimate of drug-likeness (QED) is 0.632. The van der Waals surface area contributed by atoms with E-state index in [0.29, 0.717) is 11.5 Å². The number of carbonyl (C=O) groups excluding carboxylic acids is 2. The maximum atomic E-state index is 12.5. The molecular weight excluding hydrogens is 334 g/mol. The molecule has 0 heterocycles. The molecule has 0 bridgehead atoms. The van der Waals surface area contributed by atoms with Gasteiger partial charge in [0.1, 0.15) is 23.7 Å². The molecule has 2 aromatic rings. The van der Waals surface area contributed by atoms with Crippen LogP contribution >= 0.6 is 0 Å². The van der Waals surface area contributed by atoms with Crippen LogP contribution in [0.5, 0.6) is 11.5 Å². The van der Waals surface area contributed by atoms with Crippen molar-refractivity contribution in [2.75, 3.05) is 6.61 Å². The lowest BCUT2D eigenvalue weighted by Crippen LogP contribution is -2.48. The molecular formula is C20H23NO5. The van der Waals surface area contributed by atoms with Crippen molar-refractivity contribution < 1.29 is 23.8 Å². The van der Waals surface area contributed by atoms with Crippen molar-refractivity contribution in [2.45, 2.75) is 32.4 Å². The van der Waals surface area contributed by atoms with Crippen molar-refractivity contribution in [1.29, 1.82) is 0 Å². The van der Waals surface area contributed by atoms with Crippen LogP contribution in [0.1, 0.15) is 20.8 Å². The van der Waals surface area contributed by atoms with Gasteiger partial charge in [-0.3, -0.25) is 0 Å². The van der Waals surface area contributed by atoms with Crippen LogP contribution in [0.25, 0.3) is 0 Å². The molecule has 0 saturated heterocycles. The fourth-order valence-electron chi connectivity index (χ4n) is 1.99. The van der Waals surface area contributed by atoms with Crippen molar-refractivity contribution in [1.82, 2.24) is 5.32 Å². The molecule has 1 atom stereocenters. The molecule has 0 unspecified atom stereocenters. The molecule has 0 radical (unpaired) electrons. The van der Waals surface area contributed by atoms with Crippen LogP contribution in [0.15, 0.2) is 60.7 Å². The molecule has 0 spiro atoms. The van der Waals surface area contributed by atoms with Crippen LogP contribution in [0.2, 0.25) is 0 Å². The number of benzene rings is 2. The number of hydrogen-bond acceptors (Lipinski definition) is 5. The van der Waals surface area contributed by atoms with E-state index in [1.54, 1.807) is 57.2 Å². The first-order chi connectivity index (χ1) is 12.3. The SMILES string of the molecule is CC(C)(C)OC(=O)N[C@@H](COc1ccccc1)C(=O)Oc1ccccc1. The molecule has 26 heavy (non-hydrogen) atoms. The van der Waals surface area contributed by atoms with Gasteiger partial charge in [-0.05, 0) is 45.0 Å². The van der Waals surface area contributed by atoms with Gasteiger partial charge in [0.25, 0.3) is 0 Å². The van der Waals surface area contributed by atoms with Crippen LogP contribution in [0.3, 0.4) is 0 Å². The molecule has 0 aliphatic carbocycles. The van der Waals surface area contributed by atoms with Crippen molar-refractivity contribution in [2.24, 2.45) is 0 Å². The Morgan fingerprint density at radius 1 is 0.923 bits per heavy atom. The lowest BCUT2D eigenvalue weighted by atomic mass is 10.2. The average molecular weight is 357 g/mol. The Bertz CT molecular complexity index is 710. The van der Waals surface area contributed by atoms with E-state index in [2.05, 4.69) is 5.32 Å². The van der Waals surface area contributed by atoms with E-state index in [9.17, 15) is 9.59 Å². The van der Waals surface area contributed by atoms with Gasteiger partial charge in [-0.25, -0.2) is 9.59 Å². The van der Waals surface area contributed by atoms with Gasteiger partial charge in [-0.1, -0.05) is 36.4 Å². The number of ether oxygens (including phenoxy) is 3. The Hall–Kier alpha value is -3.02. The minimum absolute atomic E-state index is 0.0884. The average Bonchev–Trinajstić information content (AvgIpc) is 2.58. The molecule has 2 rings (SSSR count). The summed E-state index contributed by atoms with van der Waals surface area (Å²) >= 11 is 0. The van der Waals surface area contributed by atoms with Gasteiger partial charge < -0.3 is 19.5 Å². The van der Waals surface area contributed by atoms with Crippen LogP contribution in [0, 0.1) is 0 Å². The Morgan fingerprint density at radius 3 is 2.00 bits per heavy atom. The van der Waals surface area contributed by atoms with Crippen LogP contribution in [0.4, 0.5) is 4.79 Å². The topological polar surface area (TPSA) is 73.9 Å². The van der Waals surface area contributed by atoms with E-state index >= 15 is 0 Å². The van der Waals surface area contributed by atoms with Crippen molar-refractivity contribution >= 4 is 12.1 Å². The van der Waals surface area contributed by atoms with E-state index in [1.165, 1.54) is 0 Å². The number of amides is 1. The number of hydrogen-bond donors (Lipinski definition) is 1. The summed E-state index contributed by atoms with van der Waals surface area (Å²) in [5.41, 5.74) is -0.682. The number of alkyl carbamates (subject to hydrolysis) is 1. The van der Waals surface area contributed by atoms with Gasteiger partial charge >= 0.3 is 12.1 Å². The summed E-state index contributed by atoms with van der Waals surface area (Å²) < 4.78 is 16.1. The number of rotatable bonds is 6. The summed E-state index contributed by atoms with van der Waals surface area (Å²) in [4.78, 5) is 24.5. The van der Waals surface area contributed by atoms with Gasteiger partial charge in [-0.2, -0.15) is 0 Å². The van der Waals surface area contributed by atoms with Gasteiger partial charge in [0.2, 0.25) is 0 Å². The molecule has 2 aromatic carbocycles. The van der Waals surface area contributed by atoms with Gasteiger partial charge in [0, 0.05) is 0 Å². The van der Waals surface area contributed by atoms with Crippen LogP contribution < -0.4 is 14.8 Å². The first kappa shape index (κ1) is 19.3. The maximum Gasteiger partial charge on any atom is 0.408 e. The molecule has 0 aliphatic heterocycles. The summed E-state index contributed by atoms with van der Waals surface area (Å²) in [6, 6.07) is 16.6. The highest BCUT2D eigenvalue weighted by Gasteiger charge is 2.26. The van der Waals surface area contributed by atoms with Crippen molar-refractivity contribution in [3.8, 4) is 11.5 Å². The lowest BCUT2D eigenvalue weighted by Gasteiger charge is -2.23. The van der Waals surface area contributed by atoms with Crippen molar-refractivity contribution in [3.63, 3.8) is 0 Å². The second kappa shape index (κ2) is 8.89. The predicted molar refractivity (Wildman–Crippen MR) is 97.2 cm³/mol. The fourth-order valence-corrected chi connectivity index (χ4v) is 1.99. The Balaban J connectivity index is 2.04. The molecule has 6 nitrogen and oxygen atoms in total. The zero-order valence-corrected chi connectivity index (χ0v) is 15.1. The van der Waals surface area contributed by atoms with E-state index in [0.717, 1.165) is 0 Å². The van der Waals surface area contributed by atoms with Crippen molar-refractivity contribution in [3.05, 3.63) is 60.7 Å². The molecule has 6 heteroatoms. The largest absolute Gasteiger partial charge is 0.491 e. The maximum absolute atomic E-state index is 12.5. The Morgan fingerprint density at radius 2 is 1.46 bits per heavy atom. The summed E-state index contributed by atoms with van der Waals surface area (Å²) in [6.07, 6.45) is -0.718. The third-order valence-electron chi connectivity index (χ3n) is 3.10. The minimum atomic E-state index is -1.02. The smallest absolute Gasteiger partial charge is 0.408 e. The van der Waals surface area contributed by atoms with Gasteiger partial charge in [0.15, 0.2) is 6.04 Å². The van der Waals surface area contributed by atoms with E-state index in [4.69, 9.17) is 14.2 Å². The second-order valence-corrected chi connectivity index (χ2v) is 6.56. The monoisotopic (exact) mass is 357 g/mol. The molecule has 138 valence electrons. The van der Waals surface area contributed by atoms with Gasteiger partial charge in [0.05, 0.1) is 0 Å². The number of carbonyl (C=O) groups is 2. The standard InChI is InChI=1S/C20H23NO5/c1-20(2,3)26-19(23)21-17(14-24-15-10-6-4-7-11-15)18(22)25-16-12-8-5-9-13-16/h4-13,17H,14H2,1-3H3,(H,21,23)/t17-/m0/s1. The molecule has 1 N–H and O–H groups in total. The summed E-state index contributed by atoms with van der Waals surface area (Å²) in [6.45, 7) is 5.13. The predicted octanol–water partition coefficient (Wildman–Crippen LogP) is 3.56. The second-order valence-electron chi connectivity index (χ2n) is 6.56. The summed E-state index contributed by atoms with van der Waals surface area (Å²) in [7, 11) is 0. The zero-order valence-electron chi connectivity index (χ0n) is 15.1. The molecule has 0 fully saturated rings. The molecule has 0 saturated carbocycles.